The Morgan fingerprint density at radius 3 is 2.18 bits per heavy atom. The van der Waals surface area contributed by atoms with Crippen LogP contribution in [0.25, 0.3) is 10.8 Å². The highest BCUT2D eigenvalue weighted by atomic mass is 16.5. The quantitative estimate of drug-likeness (QED) is 0.830. The predicted octanol–water partition coefficient (Wildman–Crippen LogP) is 4.31. The lowest BCUT2D eigenvalue weighted by Gasteiger charge is -2.26. The van der Waals surface area contributed by atoms with Crippen molar-refractivity contribution in [3.63, 3.8) is 0 Å². The minimum absolute atomic E-state index is 0.0140. The largest absolute Gasteiger partial charge is 0.507 e. The van der Waals surface area contributed by atoms with E-state index in [-0.39, 0.29) is 11.5 Å². The lowest BCUT2D eigenvalue weighted by molar-refractivity contribution is 0.124. The fraction of sp³-hybridized carbons (Fsp3) is 0.444. The molecule has 0 aliphatic carbocycles. The van der Waals surface area contributed by atoms with E-state index in [1.165, 1.54) is 0 Å². The SMILES string of the molecule is CCc1c(OC(C)(C)C)c(O)c2c(OC)ccc(C)c2c1O. The number of methoxy groups -OCH3 is 1. The molecule has 4 nitrogen and oxygen atoms in total. The van der Waals surface area contributed by atoms with Gasteiger partial charge in [-0.1, -0.05) is 13.0 Å². The van der Waals surface area contributed by atoms with Gasteiger partial charge in [0.25, 0.3) is 0 Å². The third kappa shape index (κ3) is 2.65. The van der Waals surface area contributed by atoms with Gasteiger partial charge >= 0.3 is 0 Å². The molecule has 0 aliphatic heterocycles. The van der Waals surface area contributed by atoms with E-state index in [9.17, 15) is 10.2 Å². The molecule has 0 aliphatic rings. The second-order valence-corrected chi connectivity index (χ2v) is 6.41. The Balaban J connectivity index is 2.94. The Labute approximate surface area is 131 Å². The molecule has 0 saturated heterocycles. The standard InChI is InChI=1S/C18H24O4/c1-7-11-15(19)13-10(2)8-9-12(21-6)14(13)16(20)17(11)22-18(3,4)5/h8-9,19-20H,7H2,1-6H3. The fourth-order valence-corrected chi connectivity index (χ4v) is 2.66. The molecule has 0 amide bonds. The molecule has 0 heterocycles. The molecule has 0 unspecified atom stereocenters. The van der Waals surface area contributed by atoms with Gasteiger partial charge in [-0.05, 0) is 45.7 Å². The summed E-state index contributed by atoms with van der Waals surface area (Å²) in [6.07, 6.45) is 0.553. The maximum absolute atomic E-state index is 10.8. The summed E-state index contributed by atoms with van der Waals surface area (Å²) in [6.45, 7) is 9.53. The second-order valence-electron chi connectivity index (χ2n) is 6.41. The summed E-state index contributed by atoms with van der Waals surface area (Å²) in [5, 5.41) is 22.6. The average molecular weight is 304 g/mol. The third-order valence-corrected chi connectivity index (χ3v) is 3.61. The van der Waals surface area contributed by atoms with E-state index < -0.39 is 5.60 Å². The number of phenolic OH excluding ortho intramolecular Hbond substituents is 2. The van der Waals surface area contributed by atoms with E-state index in [1.54, 1.807) is 13.2 Å². The second kappa shape index (κ2) is 5.59. The van der Waals surface area contributed by atoms with Crippen LogP contribution in [-0.4, -0.2) is 22.9 Å². The van der Waals surface area contributed by atoms with E-state index in [1.807, 2.05) is 40.7 Å². The number of ether oxygens (including phenoxy) is 2. The molecule has 22 heavy (non-hydrogen) atoms. The minimum Gasteiger partial charge on any atom is -0.507 e. The van der Waals surface area contributed by atoms with Gasteiger partial charge < -0.3 is 19.7 Å². The van der Waals surface area contributed by atoms with Gasteiger partial charge in [0.15, 0.2) is 11.5 Å². The van der Waals surface area contributed by atoms with Crippen molar-refractivity contribution in [2.75, 3.05) is 7.11 Å². The maximum atomic E-state index is 10.8. The zero-order valence-corrected chi connectivity index (χ0v) is 14.1. The molecule has 0 radical (unpaired) electrons. The van der Waals surface area contributed by atoms with Crippen LogP contribution in [0.3, 0.4) is 0 Å². The topological polar surface area (TPSA) is 58.9 Å². The third-order valence-electron chi connectivity index (χ3n) is 3.61. The summed E-state index contributed by atoms with van der Waals surface area (Å²) in [5.41, 5.74) is 0.996. The molecular weight excluding hydrogens is 280 g/mol. The lowest BCUT2D eigenvalue weighted by Crippen LogP contribution is -2.23. The van der Waals surface area contributed by atoms with Crippen molar-refractivity contribution >= 4 is 10.8 Å². The number of phenols is 2. The van der Waals surface area contributed by atoms with E-state index in [0.29, 0.717) is 34.3 Å². The molecule has 0 aromatic heterocycles. The smallest absolute Gasteiger partial charge is 0.170 e. The molecule has 2 aromatic carbocycles. The summed E-state index contributed by atoms with van der Waals surface area (Å²) in [7, 11) is 1.54. The van der Waals surface area contributed by atoms with Crippen LogP contribution in [0.4, 0.5) is 0 Å². The van der Waals surface area contributed by atoms with Gasteiger partial charge in [0, 0.05) is 10.9 Å². The van der Waals surface area contributed by atoms with Gasteiger partial charge in [-0.3, -0.25) is 0 Å². The van der Waals surface area contributed by atoms with Gasteiger partial charge in [0.1, 0.15) is 17.1 Å². The summed E-state index contributed by atoms with van der Waals surface area (Å²) >= 11 is 0. The van der Waals surface area contributed by atoms with Gasteiger partial charge in [-0.25, -0.2) is 0 Å². The van der Waals surface area contributed by atoms with Gasteiger partial charge in [-0.15, -0.1) is 0 Å². The first-order valence-corrected chi connectivity index (χ1v) is 7.44. The van der Waals surface area contributed by atoms with E-state index >= 15 is 0 Å². The molecule has 0 saturated carbocycles. The van der Waals surface area contributed by atoms with Crippen LogP contribution in [0.2, 0.25) is 0 Å². The number of hydrogen-bond acceptors (Lipinski definition) is 4. The van der Waals surface area contributed by atoms with Crippen LogP contribution in [0, 0.1) is 6.92 Å². The lowest BCUT2D eigenvalue weighted by atomic mass is 9.96. The zero-order valence-electron chi connectivity index (χ0n) is 14.1. The van der Waals surface area contributed by atoms with Crippen LogP contribution in [-0.2, 0) is 6.42 Å². The number of benzene rings is 2. The van der Waals surface area contributed by atoms with Crippen molar-refractivity contribution in [2.45, 2.75) is 46.6 Å². The Morgan fingerprint density at radius 1 is 1.05 bits per heavy atom. The summed E-state index contributed by atoms with van der Waals surface area (Å²) in [5.74, 6) is 0.991. The van der Waals surface area contributed by atoms with Crippen LogP contribution in [0.15, 0.2) is 12.1 Å². The first kappa shape index (κ1) is 16.3. The van der Waals surface area contributed by atoms with Crippen molar-refractivity contribution in [3.05, 3.63) is 23.3 Å². The van der Waals surface area contributed by atoms with Gasteiger partial charge in [0.05, 0.1) is 12.5 Å². The first-order chi connectivity index (χ1) is 10.2. The Bertz CT molecular complexity index is 712. The number of aryl methyl sites for hydroxylation is 1. The number of hydrogen-bond donors (Lipinski definition) is 2. The first-order valence-electron chi connectivity index (χ1n) is 7.44. The Kier molecular flexibility index (Phi) is 4.14. The molecular formula is C18H24O4. The van der Waals surface area contributed by atoms with Crippen LogP contribution in [0.5, 0.6) is 23.0 Å². The minimum atomic E-state index is -0.488. The average Bonchev–Trinajstić information content (AvgIpc) is 2.43. The molecule has 0 spiro atoms. The summed E-state index contributed by atoms with van der Waals surface area (Å²) < 4.78 is 11.3. The zero-order chi connectivity index (χ0) is 16.7. The molecule has 2 rings (SSSR count). The van der Waals surface area contributed by atoms with Crippen LogP contribution in [0.1, 0.15) is 38.8 Å². The Hall–Kier alpha value is -2.10. The number of aromatic hydroxyl groups is 2. The molecule has 0 fully saturated rings. The van der Waals surface area contributed by atoms with Gasteiger partial charge in [-0.2, -0.15) is 0 Å². The van der Waals surface area contributed by atoms with E-state index in [0.717, 1.165) is 5.56 Å². The fourth-order valence-electron chi connectivity index (χ4n) is 2.66. The van der Waals surface area contributed by atoms with Crippen molar-refractivity contribution in [1.82, 2.24) is 0 Å². The number of rotatable bonds is 3. The van der Waals surface area contributed by atoms with Crippen molar-refractivity contribution in [1.29, 1.82) is 0 Å². The van der Waals surface area contributed by atoms with Crippen LogP contribution < -0.4 is 9.47 Å². The molecule has 4 heteroatoms. The molecule has 0 atom stereocenters. The van der Waals surface area contributed by atoms with Crippen molar-refractivity contribution in [3.8, 4) is 23.0 Å². The monoisotopic (exact) mass is 304 g/mol. The van der Waals surface area contributed by atoms with Gasteiger partial charge in [0.2, 0.25) is 0 Å². The molecule has 0 bridgehead atoms. The normalized spacial score (nSPS) is 11.7. The van der Waals surface area contributed by atoms with E-state index in [2.05, 4.69) is 0 Å². The maximum Gasteiger partial charge on any atom is 0.170 e. The number of fused-ring (bicyclic) bond motifs is 1. The van der Waals surface area contributed by atoms with Crippen LogP contribution >= 0.6 is 0 Å². The van der Waals surface area contributed by atoms with Crippen molar-refractivity contribution < 1.29 is 19.7 Å². The highest BCUT2D eigenvalue weighted by molar-refractivity contribution is 6.02. The Morgan fingerprint density at radius 2 is 1.68 bits per heavy atom. The predicted molar refractivity (Wildman–Crippen MR) is 88.3 cm³/mol. The van der Waals surface area contributed by atoms with E-state index in [4.69, 9.17) is 9.47 Å². The molecule has 2 aromatic rings. The molecule has 2 N–H and O–H groups in total. The highest BCUT2D eigenvalue weighted by Crippen LogP contribution is 2.50. The highest BCUT2D eigenvalue weighted by Gasteiger charge is 2.26. The molecule has 120 valence electrons. The van der Waals surface area contributed by atoms with Crippen molar-refractivity contribution in [2.24, 2.45) is 0 Å². The summed E-state index contributed by atoms with van der Waals surface area (Å²) in [6, 6.07) is 3.65. The summed E-state index contributed by atoms with van der Waals surface area (Å²) in [4.78, 5) is 0.